The van der Waals surface area contributed by atoms with Gasteiger partial charge in [0.2, 0.25) is 10.0 Å². The maximum atomic E-state index is 13.5. The van der Waals surface area contributed by atoms with Crippen LogP contribution in [-0.4, -0.2) is 48.0 Å². The molecule has 0 saturated carbocycles. The SMILES string of the molecule is O=C(O)c1cc(S(=O)(=O)N2CCCC(Oc3ccncc3)C2)ccc1F. The predicted octanol–water partition coefficient (Wildman–Crippen LogP) is 2.15. The van der Waals surface area contributed by atoms with Gasteiger partial charge >= 0.3 is 5.97 Å². The molecule has 1 fully saturated rings. The summed E-state index contributed by atoms with van der Waals surface area (Å²) in [6.45, 7) is 0.419. The molecule has 0 bridgehead atoms. The van der Waals surface area contributed by atoms with Crippen molar-refractivity contribution in [2.45, 2.75) is 23.8 Å². The Labute approximate surface area is 150 Å². The molecule has 1 aliphatic rings. The first-order chi connectivity index (χ1) is 12.4. The molecule has 1 aromatic heterocycles. The van der Waals surface area contributed by atoms with Crippen molar-refractivity contribution in [3.63, 3.8) is 0 Å². The van der Waals surface area contributed by atoms with Crippen molar-refractivity contribution in [3.05, 3.63) is 54.1 Å². The molecule has 1 aliphatic heterocycles. The molecule has 3 rings (SSSR count). The van der Waals surface area contributed by atoms with E-state index in [1.54, 1.807) is 24.5 Å². The lowest BCUT2D eigenvalue weighted by molar-refractivity contribution is 0.0691. The Morgan fingerprint density at radius 3 is 2.69 bits per heavy atom. The molecule has 0 amide bonds. The summed E-state index contributed by atoms with van der Waals surface area (Å²) in [7, 11) is -3.95. The van der Waals surface area contributed by atoms with Gasteiger partial charge in [-0.3, -0.25) is 4.98 Å². The fourth-order valence-corrected chi connectivity index (χ4v) is 4.34. The smallest absolute Gasteiger partial charge is 0.338 e. The van der Waals surface area contributed by atoms with E-state index in [4.69, 9.17) is 9.84 Å². The van der Waals surface area contributed by atoms with Gasteiger partial charge in [0.15, 0.2) is 0 Å². The highest BCUT2D eigenvalue weighted by molar-refractivity contribution is 7.89. The minimum atomic E-state index is -3.95. The number of aromatic carboxylic acids is 1. The number of halogens is 1. The van der Waals surface area contributed by atoms with Crippen molar-refractivity contribution in [2.75, 3.05) is 13.1 Å². The van der Waals surface area contributed by atoms with Crippen LogP contribution < -0.4 is 4.74 Å². The lowest BCUT2D eigenvalue weighted by atomic mass is 10.1. The number of carboxylic acids is 1. The van der Waals surface area contributed by atoms with Crippen LogP contribution >= 0.6 is 0 Å². The van der Waals surface area contributed by atoms with Gasteiger partial charge in [-0.05, 0) is 43.2 Å². The third-order valence-corrected chi connectivity index (χ3v) is 5.96. The summed E-state index contributed by atoms with van der Waals surface area (Å²) in [5.41, 5.74) is -0.673. The molecular weight excluding hydrogens is 363 g/mol. The first-order valence-electron chi connectivity index (χ1n) is 7.97. The molecule has 138 valence electrons. The van der Waals surface area contributed by atoms with Gasteiger partial charge in [-0.25, -0.2) is 17.6 Å². The summed E-state index contributed by atoms with van der Waals surface area (Å²) in [5.74, 6) is -1.90. The minimum absolute atomic E-state index is 0.129. The van der Waals surface area contributed by atoms with Gasteiger partial charge in [0.25, 0.3) is 0 Å². The predicted molar refractivity (Wildman–Crippen MR) is 90.0 cm³/mol. The Balaban J connectivity index is 1.81. The second-order valence-corrected chi connectivity index (χ2v) is 7.81. The van der Waals surface area contributed by atoms with Crippen molar-refractivity contribution in [2.24, 2.45) is 0 Å². The third-order valence-electron chi connectivity index (χ3n) is 4.10. The summed E-state index contributed by atoms with van der Waals surface area (Å²) in [5, 5.41) is 9.00. The number of hydrogen-bond donors (Lipinski definition) is 1. The Kier molecular flexibility index (Phi) is 5.19. The number of hydrogen-bond acceptors (Lipinski definition) is 5. The van der Waals surface area contributed by atoms with E-state index >= 15 is 0 Å². The molecule has 2 aromatic rings. The van der Waals surface area contributed by atoms with Gasteiger partial charge in [-0.15, -0.1) is 0 Å². The number of carbonyl (C=O) groups is 1. The van der Waals surface area contributed by atoms with E-state index in [0.717, 1.165) is 18.2 Å². The average Bonchev–Trinajstić information content (AvgIpc) is 2.63. The van der Waals surface area contributed by atoms with E-state index in [0.29, 0.717) is 18.6 Å². The monoisotopic (exact) mass is 380 g/mol. The summed E-state index contributed by atoms with van der Waals surface area (Å²) in [4.78, 5) is 14.7. The van der Waals surface area contributed by atoms with Crippen molar-refractivity contribution in [3.8, 4) is 5.75 Å². The number of sulfonamides is 1. The molecule has 0 aliphatic carbocycles. The van der Waals surface area contributed by atoms with Crippen molar-refractivity contribution >= 4 is 16.0 Å². The normalized spacial score (nSPS) is 18.4. The first kappa shape index (κ1) is 18.3. The van der Waals surface area contributed by atoms with Gasteiger partial charge in [0.1, 0.15) is 17.7 Å². The number of carboxylic acid groups (broad SMARTS) is 1. The second-order valence-electron chi connectivity index (χ2n) is 5.87. The molecule has 9 heteroatoms. The van der Waals surface area contributed by atoms with E-state index in [1.807, 2.05) is 0 Å². The summed E-state index contributed by atoms with van der Waals surface area (Å²) in [6, 6.07) is 6.15. The summed E-state index contributed by atoms with van der Waals surface area (Å²) in [6.07, 6.45) is 4.12. The van der Waals surface area contributed by atoms with E-state index in [-0.39, 0.29) is 24.1 Å². The van der Waals surface area contributed by atoms with Crippen LogP contribution in [-0.2, 0) is 10.0 Å². The zero-order chi connectivity index (χ0) is 18.7. The lowest BCUT2D eigenvalue weighted by Crippen LogP contribution is -2.44. The maximum Gasteiger partial charge on any atom is 0.338 e. The van der Waals surface area contributed by atoms with E-state index in [2.05, 4.69) is 4.98 Å². The molecule has 1 unspecified atom stereocenters. The molecule has 7 nitrogen and oxygen atoms in total. The van der Waals surface area contributed by atoms with Gasteiger partial charge < -0.3 is 9.84 Å². The molecule has 1 saturated heterocycles. The first-order valence-corrected chi connectivity index (χ1v) is 9.41. The van der Waals surface area contributed by atoms with Crippen LogP contribution in [0.5, 0.6) is 5.75 Å². The van der Waals surface area contributed by atoms with Crippen LogP contribution in [0.2, 0.25) is 0 Å². The summed E-state index contributed by atoms with van der Waals surface area (Å²) >= 11 is 0. The third kappa shape index (κ3) is 3.83. The number of pyridine rings is 1. The van der Waals surface area contributed by atoms with E-state index < -0.39 is 27.4 Å². The maximum absolute atomic E-state index is 13.5. The van der Waals surface area contributed by atoms with Crippen molar-refractivity contribution in [1.82, 2.24) is 9.29 Å². The van der Waals surface area contributed by atoms with Gasteiger partial charge in [0.05, 0.1) is 17.0 Å². The number of piperidine rings is 1. The number of rotatable bonds is 5. The van der Waals surface area contributed by atoms with Gasteiger partial charge in [-0.2, -0.15) is 4.31 Å². The van der Waals surface area contributed by atoms with Crippen molar-refractivity contribution < 1.29 is 27.4 Å². The standard InChI is InChI=1S/C17H17FN2O5S/c18-16-4-3-14(10-15(16)17(21)22)26(23,24)20-9-1-2-13(11-20)25-12-5-7-19-8-6-12/h3-8,10,13H,1-2,9,11H2,(H,21,22). The fraction of sp³-hybridized carbons (Fsp3) is 0.294. The minimum Gasteiger partial charge on any atom is -0.489 e. The summed E-state index contributed by atoms with van der Waals surface area (Å²) < 4.78 is 46.2. The molecular formula is C17H17FN2O5S. The Bertz CT molecular complexity index is 905. The Hall–Kier alpha value is -2.52. The zero-order valence-corrected chi connectivity index (χ0v) is 14.5. The van der Waals surface area contributed by atoms with E-state index in [1.165, 1.54) is 4.31 Å². The van der Waals surface area contributed by atoms with Gasteiger partial charge in [-0.1, -0.05) is 0 Å². The zero-order valence-electron chi connectivity index (χ0n) is 13.7. The Morgan fingerprint density at radius 1 is 1.27 bits per heavy atom. The molecule has 1 aromatic carbocycles. The second kappa shape index (κ2) is 7.38. The fourth-order valence-electron chi connectivity index (χ4n) is 2.81. The number of ether oxygens (including phenoxy) is 1. The van der Waals surface area contributed by atoms with Crippen LogP contribution in [0.4, 0.5) is 4.39 Å². The van der Waals surface area contributed by atoms with E-state index in [9.17, 15) is 17.6 Å². The molecule has 0 spiro atoms. The molecule has 26 heavy (non-hydrogen) atoms. The van der Waals surface area contributed by atoms with Crippen LogP contribution in [0.3, 0.4) is 0 Å². The lowest BCUT2D eigenvalue weighted by Gasteiger charge is -2.32. The number of nitrogens with zero attached hydrogens (tertiary/aromatic N) is 2. The number of benzene rings is 1. The van der Waals surface area contributed by atoms with Crippen LogP contribution in [0.1, 0.15) is 23.2 Å². The topological polar surface area (TPSA) is 96.8 Å². The molecule has 1 N–H and O–H groups in total. The van der Waals surface area contributed by atoms with Crippen LogP contribution in [0.25, 0.3) is 0 Å². The molecule has 1 atom stereocenters. The average molecular weight is 380 g/mol. The van der Waals surface area contributed by atoms with Crippen molar-refractivity contribution in [1.29, 1.82) is 0 Å². The number of aromatic nitrogens is 1. The Morgan fingerprint density at radius 2 is 2.00 bits per heavy atom. The highest BCUT2D eigenvalue weighted by Crippen LogP contribution is 2.24. The quantitative estimate of drug-likeness (QED) is 0.854. The van der Waals surface area contributed by atoms with Crippen LogP contribution in [0.15, 0.2) is 47.6 Å². The highest BCUT2D eigenvalue weighted by atomic mass is 32.2. The molecule has 2 heterocycles. The largest absolute Gasteiger partial charge is 0.489 e. The highest BCUT2D eigenvalue weighted by Gasteiger charge is 2.32. The van der Waals surface area contributed by atoms with Gasteiger partial charge in [0, 0.05) is 18.9 Å². The van der Waals surface area contributed by atoms with Crippen LogP contribution in [0, 0.1) is 5.82 Å². The molecule has 0 radical (unpaired) electrons.